The minimum atomic E-state index is -0.726. The number of aromatic amines is 1. The number of ether oxygens (including phenoxy) is 2. The highest BCUT2D eigenvalue weighted by Gasteiger charge is 2.31. The van der Waals surface area contributed by atoms with E-state index in [-0.39, 0.29) is 17.6 Å². The maximum atomic E-state index is 12.5. The second-order valence-corrected chi connectivity index (χ2v) is 8.99. The Hall–Kier alpha value is -3.39. The number of nitrogens with one attached hydrogen (secondary N) is 1. The third-order valence-electron chi connectivity index (χ3n) is 6.30. The molecule has 0 bridgehead atoms. The standard InChI is InChI=1S/C24H23N3O4S/c1-12-10-17(30-2)18(19-20(12)27-23(28)22-21(19)26-11-32-22)14-8-6-13(7-9-14)15-4-3-5-16(15)31-24(25)29/h6-11,15-16H,3-5H2,1-2H3,(H2,25,29)(H,27,28)/t15-,16-/m1/s1. The van der Waals surface area contributed by atoms with Gasteiger partial charge in [-0.1, -0.05) is 24.3 Å². The molecule has 8 heteroatoms. The minimum Gasteiger partial charge on any atom is -0.496 e. The molecule has 0 aliphatic heterocycles. The van der Waals surface area contributed by atoms with E-state index in [9.17, 15) is 9.59 Å². The highest BCUT2D eigenvalue weighted by molar-refractivity contribution is 7.16. The summed E-state index contributed by atoms with van der Waals surface area (Å²) in [4.78, 5) is 31.3. The van der Waals surface area contributed by atoms with E-state index < -0.39 is 6.09 Å². The summed E-state index contributed by atoms with van der Waals surface area (Å²) in [6, 6.07) is 10.2. The Kier molecular flexibility index (Phi) is 5.09. The molecule has 7 nitrogen and oxygen atoms in total. The minimum absolute atomic E-state index is 0.133. The first kappa shape index (κ1) is 20.5. The molecular weight excluding hydrogens is 426 g/mol. The number of fused-ring (bicyclic) bond motifs is 3. The fraction of sp³-hybridized carbons (Fsp3) is 0.292. The molecule has 4 aromatic rings. The largest absolute Gasteiger partial charge is 0.496 e. The maximum absolute atomic E-state index is 12.5. The van der Waals surface area contributed by atoms with Gasteiger partial charge in [0.15, 0.2) is 0 Å². The molecule has 1 aliphatic carbocycles. The second-order valence-electron chi connectivity index (χ2n) is 8.14. The topological polar surface area (TPSA) is 107 Å². The molecule has 5 rings (SSSR count). The van der Waals surface area contributed by atoms with Crippen LogP contribution in [0, 0.1) is 6.92 Å². The maximum Gasteiger partial charge on any atom is 0.404 e. The lowest BCUT2D eigenvalue weighted by molar-refractivity contribution is 0.100. The molecule has 0 radical (unpaired) electrons. The predicted molar refractivity (Wildman–Crippen MR) is 126 cm³/mol. The van der Waals surface area contributed by atoms with Crippen molar-refractivity contribution >= 4 is 38.5 Å². The van der Waals surface area contributed by atoms with Crippen LogP contribution in [0.3, 0.4) is 0 Å². The van der Waals surface area contributed by atoms with E-state index in [1.54, 1.807) is 12.6 Å². The number of hydrogen-bond donors (Lipinski definition) is 2. The highest BCUT2D eigenvalue weighted by Crippen LogP contribution is 2.42. The molecular formula is C24H23N3O4S. The Labute approximate surface area is 188 Å². The Morgan fingerprint density at radius 1 is 1.25 bits per heavy atom. The van der Waals surface area contributed by atoms with Crippen molar-refractivity contribution in [2.45, 2.75) is 38.2 Å². The van der Waals surface area contributed by atoms with Crippen molar-refractivity contribution in [1.82, 2.24) is 9.97 Å². The predicted octanol–water partition coefficient (Wildman–Crippen LogP) is 4.85. The summed E-state index contributed by atoms with van der Waals surface area (Å²) in [6.07, 6.45) is 1.86. The Morgan fingerprint density at radius 3 is 2.75 bits per heavy atom. The normalized spacial score (nSPS) is 18.3. The fourth-order valence-corrected chi connectivity index (χ4v) is 5.57. The Morgan fingerprint density at radius 2 is 2.03 bits per heavy atom. The van der Waals surface area contributed by atoms with E-state index in [0.29, 0.717) is 10.2 Å². The Bertz CT molecular complexity index is 1390. The number of primary amides is 1. The monoisotopic (exact) mass is 449 g/mol. The van der Waals surface area contributed by atoms with Crippen LogP contribution in [0.5, 0.6) is 5.75 Å². The first-order chi connectivity index (χ1) is 15.5. The highest BCUT2D eigenvalue weighted by atomic mass is 32.1. The number of carbonyl (C=O) groups excluding carboxylic acids is 1. The number of hydrogen-bond acceptors (Lipinski definition) is 6. The van der Waals surface area contributed by atoms with Gasteiger partial charge in [0.05, 0.1) is 23.7 Å². The number of benzene rings is 2. The van der Waals surface area contributed by atoms with Gasteiger partial charge in [0.2, 0.25) is 0 Å². The third kappa shape index (κ3) is 3.31. The average molecular weight is 450 g/mol. The third-order valence-corrected chi connectivity index (χ3v) is 7.13. The van der Waals surface area contributed by atoms with Gasteiger partial charge < -0.3 is 20.2 Å². The number of methoxy groups -OCH3 is 1. The summed E-state index contributed by atoms with van der Waals surface area (Å²) >= 11 is 1.33. The number of rotatable bonds is 4. The van der Waals surface area contributed by atoms with Gasteiger partial charge in [-0.25, -0.2) is 9.78 Å². The summed E-state index contributed by atoms with van der Waals surface area (Å²) in [5, 5.41) is 0.876. The molecule has 32 heavy (non-hydrogen) atoms. The number of nitrogens with zero attached hydrogens (tertiary/aromatic N) is 1. The fourth-order valence-electron chi connectivity index (χ4n) is 4.88. The van der Waals surface area contributed by atoms with Crippen molar-refractivity contribution in [2.75, 3.05) is 7.11 Å². The number of pyridine rings is 1. The van der Waals surface area contributed by atoms with Crippen LogP contribution in [-0.2, 0) is 4.74 Å². The number of aromatic nitrogens is 2. The van der Waals surface area contributed by atoms with Gasteiger partial charge in [-0.15, -0.1) is 11.3 Å². The molecule has 0 saturated heterocycles. The van der Waals surface area contributed by atoms with E-state index in [1.807, 2.05) is 25.1 Å². The lowest BCUT2D eigenvalue weighted by Crippen LogP contribution is -2.24. The van der Waals surface area contributed by atoms with E-state index >= 15 is 0 Å². The van der Waals surface area contributed by atoms with Crippen LogP contribution < -0.4 is 16.0 Å². The zero-order chi connectivity index (χ0) is 22.4. The molecule has 0 spiro atoms. The summed E-state index contributed by atoms with van der Waals surface area (Å²) in [5.41, 5.74) is 12.1. The first-order valence-electron chi connectivity index (χ1n) is 10.5. The SMILES string of the molecule is COc1cc(C)c2[nH]c(=O)c3scnc3c2c1-c1ccc([C@H]2CCC[C@H]2OC(N)=O)cc1. The van der Waals surface area contributed by atoms with Crippen LogP contribution in [0.15, 0.2) is 40.6 Å². The van der Waals surface area contributed by atoms with Crippen LogP contribution in [0.2, 0.25) is 0 Å². The van der Waals surface area contributed by atoms with Crippen molar-refractivity contribution in [1.29, 1.82) is 0 Å². The van der Waals surface area contributed by atoms with Gasteiger partial charge in [-0.3, -0.25) is 4.79 Å². The van der Waals surface area contributed by atoms with E-state index in [2.05, 4.69) is 22.1 Å². The van der Waals surface area contributed by atoms with Gasteiger partial charge >= 0.3 is 6.09 Å². The molecule has 0 unspecified atom stereocenters. The zero-order valence-corrected chi connectivity index (χ0v) is 18.6. The molecule has 2 heterocycles. The van der Waals surface area contributed by atoms with E-state index in [1.165, 1.54) is 11.3 Å². The van der Waals surface area contributed by atoms with E-state index in [0.717, 1.165) is 58.2 Å². The lowest BCUT2D eigenvalue weighted by atomic mass is 9.91. The van der Waals surface area contributed by atoms with Crippen LogP contribution in [0.25, 0.3) is 32.2 Å². The quantitative estimate of drug-likeness (QED) is 0.463. The van der Waals surface area contributed by atoms with E-state index in [4.69, 9.17) is 15.2 Å². The molecule has 1 amide bonds. The molecule has 2 atom stereocenters. The average Bonchev–Trinajstić information content (AvgIpc) is 3.44. The van der Waals surface area contributed by atoms with Crippen LogP contribution in [-0.4, -0.2) is 29.3 Å². The van der Waals surface area contributed by atoms with Crippen molar-refractivity contribution in [3.05, 3.63) is 57.3 Å². The Balaban J connectivity index is 1.66. The number of thiazole rings is 1. The summed E-state index contributed by atoms with van der Waals surface area (Å²) in [5.74, 6) is 0.856. The van der Waals surface area contributed by atoms with Gasteiger partial charge in [0.1, 0.15) is 16.6 Å². The van der Waals surface area contributed by atoms with Gasteiger partial charge in [0.25, 0.3) is 5.56 Å². The van der Waals surface area contributed by atoms with Gasteiger partial charge in [0, 0.05) is 16.9 Å². The molecule has 2 aromatic carbocycles. The van der Waals surface area contributed by atoms with Gasteiger partial charge in [-0.2, -0.15) is 0 Å². The number of amides is 1. The molecule has 2 aromatic heterocycles. The van der Waals surface area contributed by atoms with Crippen LogP contribution in [0.4, 0.5) is 4.79 Å². The molecule has 1 saturated carbocycles. The smallest absolute Gasteiger partial charge is 0.404 e. The summed E-state index contributed by atoms with van der Waals surface area (Å²) in [6.45, 7) is 1.95. The van der Waals surface area contributed by atoms with Crippen molar-refractivity contribution in [3.63, 3.8) is 0 Å². The number of aryl methyl sites for hydroxylation is 1. The number of carbonyl (C=O) groups is 1. The first-order valence-corrected chi connectivity index (χ1v) is 11.4. The number of nitrogens with two attached hydrogens (primary N) is 1. The zero-order valence-electron chi connectivity index (χ0n) is 17.8. The molecule has 1 fully saturated rings. The lowest BCUT2D eigenvalue weighted by Gasteiger charge is -2.20. The molecule has 164 valence electrons. The van der Waals surface area contributed by atoms with Crippen LogP contribution in [0.1, 0.15) is 36.3 Å². The van der Waals surface area contributed by atoms with Crippen molar-refractivity contribution in [2.24, 2.45) is 5.73 Å². The van der Waals surface area contributed by atoms with Crippen molar-refractivity contribution in [3.8, 4) is 16.9 Å². The molecule has 3 N–H and O–H groups in total. The summed E-state index contributed by atoms with van der Waals surface area (Å²) < 4.78 is 11.7. The molecule has 1 aliphatic rings. The van der Waals surface area contributed by atoms with Gasteiger partial charge in [-0.05, 0) is 48.9 Å². The van der Waals surface area contributed by atoms with Crippen LogP contribution >= 0.6 is 11.3 Å². The number of H-pyrrole nitrogens is 1. The second kappa shape index (κ2) is 7.94. The summed E-state index contributed by atoms with van der Waals surface area (Å²) in [7, 11) is 1.65. The van der Waals surface area contributed by atoms with Crippen molar-refractivity contribution < 1.29 is 14.3 Å².